The summed E-state index contributed by atoms with van der Waals surface area (Å²) >= 11 is 0. The molecule has 2 N–H and O–H groups in total. The Hall–Kier alpha value is -1.45. The van der Waals surface area contributed by atoms with Crippen LogP contribution in [0.5, 0.6) is 0 Å². The van der Waals surface area contributed by atoms with Crippen molar-refractivity contribution >= 4 is 10.8 Å². The molecule has 96 valence electrons. The van der Waals surface area contributed by atoms with Crippen LogP contribution in [-0.2, 0) is 6.54 Å². The average molecular weight is 244 g/mol. The lowest BCUT2D eigenvalue weighted by molar-refractivity contribution is 0.262. The van der Waals surface area contributed by atoms with Crippen LogP contribution in [0.25, 0.3) is 10.8 Å². The van der Waals surface area contributed by atoms with E-state index >= 15 is 0 Å². The summed E-state index contributed by atoms with van der Waals surface area (Å²) in [5, 5.41) is 14.9. The first-order valence-corrected chi connectivity index (χ1v) is 6.51. The van der Waals surface area contributed by atoms with Crippen LogP contribution in [0.4, 0.5) is 0 Å². The number of nitrogens with zero attached hydrogens (tertiary/aromatic N) is 1. The Morgan fingerprint density at radius 2 is 2.22 bits per heavy atom. The van der Waals surface area contributed by atoms with Gasteiger partial charge in [0.25, 0.3) is 0 Å². The van der Waals surface area contributed by atoms with Gasteiger partial charge < -0.3 is 10.4 Å². The number of aliphatic hydroxyl groups is 1. The highest BCUT2D eigenvalue weighted by Gasteiger charge is 2.06. The van der Waals surface area contributed by atoms with Gasteiger partial charge >= 0.3 is 0 Å². The third kappa shape index (κ3) is 3.06. The summed E-state index contributed by atoms with van der Waals surface area (Å²) in [5.41, 5.74) is 1.28. The molecule has 0 spiro atoms. The Kier molecular flexibility index (Phi) is 4.67. The normalized spacial score (nSPS) is 12.8. The van der Waals surface area contributed by atoms with E-state index in [0.717, 1.165) is 19.4 Å². The first-order valence-electron chi connectivity index (χ1n) is 6.51. The second kappa shape index (κ2) is 6.47. The zero-order valence-electron chi connectivity index (χ0n) is 10.8. The molecule has 0 bridgehead atoms. The van der Waals surface area contributed by atoms with Crippen molar-refractivity contribution in [3.8, 4) is 0 Å². The van der Waals surface area contributed by atoms with Gasteiger partial charge in [-0.2, -0.15) is 0 Å². The fourth-order valence-corrected chi connectivity index (χ4v) is 2.20. The number of benzene rings is 1. The molecule has 3 nitrogen and oxygen atoms in total. The van der Waals surface area contributed by atoms with E-state index in [0.29, 0.717) is 6.04 Å². The van der Waals surface area contributed by atoms with E-state index in [-0.39, 0.29) is 6.61 Å². The highest BCUT2D eigenvalue weighted by atomic mass is 16.3. The molecule has 2 aromatic rings. The largest absolute Gasteiger partial charge is 0.396 e. The Morgan fingerprint density at radius 3 is 3.00 bits per heavy atom. The second-order valence-electron chi connectivity index (χ2n) is 4.51. The van der Waals surface area contributed by atoms with Gasteiger partial charge in [0.15, 0.2) is 0 Å². The first-order chi connectivity index (χ1) is 8.85. The molecule has 0 saturated carbocycles. The highest BCUT2D eigenvalue weighted by molar-refractivity contribution is 5.84. The molecular formula is C15H20N2O. The van der Waals surface area contributed by atoms with Crippen molar-refractivity contribution in [2.24, 2.45) is 0 Å². The van der Waals surface area contributed by atoms with Gasteiger partial charge in [0.1, 0.15) is 0 Å². The summed E-state index contributed by atoms with van der Waals surface area (Å²) in [6.45, 7) is 3.21. The van der Waals surface area contributed by atoms with Gasteiger partial charge in [0, 0.05) is 37.0 Å². The van der Waals surface area contributed by atoms with Crippen molar-refractivity contribution in [3.05, 3.63) is 42.2 Å². The van der Waals surface area contributed by atoms with Crippen LogP contribution >= 0.6 is 0 Å². The van der Waals surface area contributed by atoms with Gasteiger partial charge in [0.05, 0.1) is 0 Å². The van der Waals surface area contributed by atoms with Crippen LogP contribution in [-0.4, -0.2) is 22.7 Å². The van der Waals surface area contributed by atoms with Gasteiger partial charge in [0.2, 0.25) is 0 Å². The maximum atomic E-state index is 8.99. The fourth-order valence-electron chi connectivity index (χ4n) is 2.20. The van der Waals surface area contributed by atoms with E-state index in [1.165, 1.54) is 16.3 Å². The van der Waals surface area contributed by atoms with Crippen molar-refractivity contribution in [2.45, 2.75) is 32.4 Å². The van der Waals surface area contributed by atoms with E-state index in [9.17, 15) is 0 Å². The van der Waals surface area contributed by atoms with E-state index in [1.807, 2.05) is 12.4 Å². The summed E-state index contributed by atoms with van der Waals surface area (Å²) in [7, 11) is 0. The van der Waals surface area contributed by atoms with E-state index in [4.69, 9.17) is 5.11 Å². The van der Waals surface area contributed by atoms with Crippen LogP contribution in [0.15, 0.2) is 36.7 Å². The Morgan fingerprint density at radius 1 is 1.33 bits per heavy atom. The molecule has 0 aliphatic rings. The molecule has 1 unspecified atom stereocenters. The number of rotatable bonds is 6. The van der Waals surface area contributed by atoms with Crippen molar-refractivity contribution < 1.29 is 5.11 Å². The first kappa shape index (κ1) is 13.0. The molecule has 18 heavy (non-hydrogen) atoms. The molecule has 1 heterocycles. The number of pyridine rings is 1. The molecule has 1 aromatic heterocycles. The molecule has 2 rings (SSSR count). The lowest BCUT2D eigenvalue weighted by Crippen LogP contribution is -2.28. The Bertz CT molecular complexity index is 493. The molecule has 0 saturated heterocycles. The van der Waals surface area contributed by atoms with E-state index in [1.54, 1.807) is 0 Å². The minimum atomic E-state index is 0.241. The molecular weight excluding hydrogens is 224 g/mol. The van der Waals surface area contributed by atoms with Crippen molar-refractivity contribution in [1.29, 1.82) is 0 Å². The number of aliphatic hydroxyl groups excluding tert-OH is 1. The molecule has 0 radical (unpaired) electrons. The summed E-state index contributed by atoms with van der Waals surface area (Å²) < 4.78 is 0. The summed E-state index contributed by atoms with van der Waals surface area (Å²) in [4.78, 5) is 4.14. The molecule has 0 aliphatic heterocycles. The topological polar surface area (TPSA) is 45.1 Å². The molecule has 0 fully saturated rings. The lowest BCUT2D eigenvalue weighted by Gasteiger charge is -2.16. The number of hydrogen-bond acceptors (Lipinski definition) is 3. The van der Waals surface area contributed by atoms with Crippen molar-refractivity contribution in [1.82, 2.24) is 10.3 Å². The quantitative estimate of drug-likeness (QED) is 0.820. The number of hydrogen-bond donors (Lipinski definition) is 2. The summed E-state index contributed by atoms with van der Waals surface area (Å²) in [6, 6.07) is 8.72. The van der Waals surface area contributed by atoms with Crippen LogP contribution in [0.3, 0.4) is 0 Å². The number of fused-ring (bicyclic) bond motifs is 1. The molecule has 3 heteroatoms. The number of aromatic nitrogens is 1. The van der Waals surface area contributed by atoms with E-state index in [2.05, 4.69) is 41.5 Å². The van der Waals surface area contributed by atoms with Gasteiger partial charge in [-0.1, -0.05) is 25.1 Å². The van der Waals surface area contributed by atoms with Gasteiger partial charge in [-0.05, 0) is 29.9 Å². The Balaban J connectivity index is 2.11. The van der Waals surface area contributed by atoms with Crippen LogP contribution in [0.2, 0.25) is 0 Å². The zero-order chi connectivity index (χ0) is 12.8. The van der Waals surface area contributed by atoms with E-state index < -0.39 is 0 Å². The third-order valence-corrected chi connectivity index (χ3v) is 3.32. The minimum Gasteiger partial charge on any atom is -0.396 e. The predicted molar refractivity (Wildman–Crippen MR) is 74.4 cm³/mol. The molecule has 0 amide bonds. The lowest BCUT2D eigenvalue weighted by atomic mass is 10.1. The van der Waals surface area contributed by atoms with Crippen LogP contribution in [0, 0.1) is 0 Å². The maximum absolute atomic E-state index is 8.99. The predicted octanol–water partition coefficient (Wildman–Crippen LogP) is 2.49. The fraction of sp³-hybridized carbons (Fsp3) is 0.400. The van der Waals surface area contributed by atoms with Gasteiger partial charge in [-0.3, -0.25) is 4.98 Å². The van der Waals surface area contributed by atoms with Gasteiger partial charge in [-0.25, -0.2) is 0 Å². The Labute approximate surface area is 108 Å². The standard InChI is InChI=1S/C15H20N2O/c1-2-14(7-9-18)17-11-13-5-3-4-12-10-16-8-6-15(12)13/h3-6,8,10,14,17-18H,2,7,9,11H2,1H3. The second-order valence-corrected chi connectivity index (χ2v) is 4.51. The molecule has 0 aliphatic carbocycles. The minimum absolute atomic E-state index is 0.241. The smallest absolute Gasteiger partial charge is 0.0445 e. The monoisotopic (exact) mass is 244 g/mol. The molecule has 1 aromatic carbocycles. The van der Waals surface area contributed by atoms with Crippen molar-refractivity contribution in [3.63, 3.8) is 0 Å². The van der Waals surface area contributed by atoms with Crippen molar-refractivity contribution in [2.75, 3.05) is 6.61 Å². The van der Waals surface area contributed by atoms with Crippen LogP contribution in [0.1, 0.15) is 25.3 Å². The SMILES string of the molecule is CCC(CCO)NCc1cccc2cnccc12. The summed E-state index contributed by atoms with van der Waals surface area (Å²) in [6.07, 6.45) is 5.57. The third-order valence-electron chi connectivity index (χ3n) is 3.32. The average Bonchev–Trinajstić information content (AvgIpc) is 2.43. The maximum Gasteiger partial charge on any atom is 0.0445 e. The number of nitrogens with one attached hydrogen (secondary N) is 1. The van der Waals surface area contributed by atoms with Gasteiger partial charge in [-0.15, -0.1) is 0 Å². The molecule has 1 atom stereocenters. The zero-order valence-corrected chi connectivity index (χ0v) is 10.8. The van der Waals surface area contributed by atoms with Crippen LogP contribution < -0.4 is 5.32 Å². The summed E-state index contributed by atoms with van der Waals surface area (Å²) in [5.74, 6) is 0. The highest BCUT2D eigenvalue weighted by Crippen LogP contribution is 2.17.